The van der Waals surface area contributed by atoms with Crippen LogP contribution in [0, 0.1) is 34.5 Å². The molecule has 0 amide bonds. The second-order valence-corrected chi connectivity index (χ2v) is 15.3. The first-order valence-electron chi connectivity index (χ1n) is 16.5. The summed E-state index contributed by atoms with van der Waals surface area (Å²) < 4.78 is 5.93. The van der Waals surface area contributed by atoms with Crippen LogP contribution in [0.4, 0.5) is 0 Å². The second-order valence-electron chi connectivity index (χ2n) is 14.0. The highest BCUT2D eigenvalue weighted by molar-refractivity contribution is 8.14. The van der Waals surface area contributed by atoms with Crippen molar-refractivity contribution in [3.05, 3.63) is 42.0 Å². The quantitative estimate of drug-likeness (QED) is 0.202. The zero-order valence-corrected chi connectivity index (χ0v) is 26.1. The number of carbonyl (C=O) groups is 1. The SMILES string of the molecule is CCCCCCCC[C@@H]1CC[C@@H]2[C@@H]3CC=C4C[C@@H](SC(=O)[C@@H](C)Oc5ccccc5)CC[C@]4(C)[C@@H]3CC[C@]12C. The first kappa shape index (κ1) is 29.3. The monoisotopic (exact) mass is 550 g/mol. The normalized spacial score (nSPS) is 36.3. The summed E-state index contributed by atoms with van der Waals surface area (Å²) in [7, 11) is 0. The first-order chi connectivity index (χ1) is 18.8. The van der Waals surface area contributed by atoms with Crippen molar-refractivity contribution in [3.63, 3.8) is 0 Å². The van der Waals surface area contributed by atoms with Crippen molar-refractivity contribution in [1.29, 1.82) is 0 Å². The van der Waals surface area contributed by atoms with Crippen LogP contribution in [0.1, 0.15) is 124 Å². The van der Waals surface area contributed by atoms with Crippen LogP contribution >= 0.6 is 11.8 Å². The van der Waals surface area contributed by atoms with Crippen molar-refractivity contribution in [2.75, 3.05) is 0 Å². The van der Waals surface area contributed by atoms with Crippen LogP contribution in [0.15, 0.2) is 42.0 Å². The Morgan fingerprint density at radius 3 is 2.54 bits per heavy atom. The number of fused-ring (bicyclic) bond motifs is 5. The maximum Gasteiger partial charge on any atom is 0.229 e. The van der Waals surface area contributed by atoms with Crippen molar-refractivity contribution in [3.8, 4) is 5.75 Å². The van der Waals surface area contributed by atoms with E-state index in [1.165, 1.54) is 83.5 Å². The van der Waals surface area contributed by atoms with Gasteiger partial charge in [0.2, 0.25) is 5.12 Å². The molecule has 0 bridgehead atoms. The Labute approximate surface area is 243 Å². The highest BCUT2D eigenvalue weighted by atomic mass is 32.2. The molecule has 0 unspecified atom stereocenters. The van der Waals surface area contributed by atoms with Crippen LogP contribution in [0.3, 0.4) is 0 Å². The molecule has 5 rings (SSSR count). The number of hydrogen-bond acceptors (Lipinski definition) is 3. The molecule has 1 aromatic carbocycles. The van der Waals surface area contributed by atoms with E-state index in [4.69, 9.17) is 4.74 Å². The zero-order chi connectivity index (χ0) is 27.5. The molecule has 8 atom stereocenters. The zero-order valence-electron chi connectivity index (χ0n) is 25.3. The van der Waals surface area contributed by atoms with E-state index in [2.05, 4.69) is 26.8 Å². The molecule has 3 saturated carbocycles. The minimum absolute atomic E-state index is 0.178. The molecule has 0 saturated heterocycles. The summed E-state index contributed by atoms with van der Waals surface area (Å²) >= 11 is 1.56. The smallest absolute Gasteiger partial charge is 0.229 e. The molecule has 0 aliphatic heterocycles. The lowest BCUT2D eigenvalue weighted by Gasteiger charge is -2.58. The fraction of sp³-hybridized carbons (Fsp3) is 0.750. The van der Waals surface area contributed by atoms with Gasteiger partial charge in [0, 0.05) is 5.25 Å². The molecule has 39 heavy (non-hydrogen) atoms. The average Bonchev–Trinajstić information content (AvgIpc) is 3.27. The van der Waals surface area contributed by atoms with Gasteiger partial charge in [-0.3, -0.25) is 4.79 Å². The Kier molecular flexibility index (Phi) is 9.57. The van der Waals surface area contributed by atoms with E-state index in [1.807, 2.05) is 37.3 Å². The fourth-order valence-corrected chi connectivity index (χ4v) is 10.6. The van der Waals surface area contributed by atoms with Crippen LogP contribution in [0.2, 0.25) is 0 Å². The van der Waals surface area contributed by atoms with Gasteiger partial charge in [-0.05, 0) is 111 Å². The maximum atomic E-state index is 13.0. The number of rotatable bonds is 11. The van der Waals surface area contributed by atoms with Gasteiger partial charge >= 0.3 is 0 Å². The van der Waals surface area contributed by atoms with Crippen LogP contribution < -0.4 is 4.74 Å². The third kappa shape index (κ3) is 6.19. The molecule has 0 N–H and O–H groups in total. The number of thioether (sulfide) groups is 1. The minimum Gasteiger partial charge on any atom is -0.482 e. The molecule has 0 spiro atoms. The molecule has 3 heteroatoms. The lowest BCUT2D eigenvalue weighted by atomic mass is 9.47. The molecule has 0 radical (unpaired) electrons. The van der Waals surface area contributed by atoms with E-state index in [1.54, 1.807) is 17.3 Å². The molecule has 4 aliphatic carbocycles. The second kappa shape index (κ2) is 12.7. The summed E-state index contributed by atoms with van der Waals surface area (Å²) in [4.78, 5) is 13.0. The molecule has 0 aromatic heterocycles. The molecule has 3 fully saturated rings. The highest BCUT2D eigenvalue weighted by Gasteiger charge is 2.58. The number of para-hydroxylation sites is 1. The first-order valence-corrected chi connectivity index (χ1v) is 17.3. The summed E-state index contributed by atoms with van der Waals surface area (Å²) in [6.45, 7) is 9.52. The van der Waals surface area contributed by atoms with Crippen LogP contribution in [-0.2, 0) is 4.79 Å². The number of allylic oxidation sites excluding steroid dienone is 2. The highest BCUT2D eigenvalue weighted by Crippen LogP contribution is 2.67. The van der Waals surface area contributed by atoms with E-state index in [0.717, 1.165) is 42.3 Å². The van der Waals surface area contributed by atoms with Gasteiger partial charge in [0.1, 0.15) is 5.75 Å². The Balaban J connectivity index is 1.16. The largest absolute Gasteiger partial charge is 0.482 e. The Bertz CT molecular complexity index is 987. The number of ether oxygens (including phenoxy) is 1. The third-order valence-electron chi connectivity index (χ3n) is 11.8. The van der Waals surface area contributed by atoms with E-state index in [0.29, 0.717) is 16.1 Å². The molecular formula is C36H54O2S. The molecule has 4 aliphatic rings. The standard InChI is InChI=1S/C36H54O2S/c1-5-6-7-8-9-11-14-27-18-20-32-31-19-17-28-25-30(21-23-36(28,4)33(31)22-24-35(27,32)3)39-34(37)26(2)38-29-15-12-10-13-16-29/h10,12-13,15-17,26-27,30-33H,5-9,11,14,18-25H2,1-4H3/t26-,27-,30+,31+,32-,33-,35-,36+/m1/s1. The summed E-state index contributed by atoms with van der Waals surface area (Å²) in [6, 6.07) is 9.75. The minimum atomic E-state index is -0.405. The lowest BCUT2D eigenvalue weighted by Crippen LogP contribution is -2.50. The Hall–Kier alpha value is -1.22. The average molecular weight is 551 g/mol. The van der Waals surface area contributed by atoms with Gasteiger partial charge in [0.15, 0.2) is 6.10 Å². The van der Waals surface area contributed by atoms with Gasteiger partial charge in [-0.2, -0.15) is 0 Å². The predicted octanol–water partition coefficient (Wildman–Crippen LogP) is 10.4. The number of benzene rings is 1. The Morgan fingerprint density at radius 2 is 1.74 bits per heavy atom. The molecule has 216 valence electrons. The van der Waals surface area contributed by atoms with Gasteiger partial charge in [0.25, 0.3) is 0 Å². The van der Waals surface area contributed by atoms with Crippen LogP contribution in [0.25, 0.3) is 0 Å². The van der Waals surface area contributed by atoms with Crippen LogP contribution in [0.5, 0.6) is 5.75 Å². The predicted molar refractivity (Wildman–Crippen MR) is 166 cm³/mol. The number of carbonyl (C=O) groups excluding carboxylic acids is 1. The van der Waals surface area contributed by atoms with E-state index < -0.39 is 6.10 Å². The van der Waals surface area contributed by atoms with Crippen molar-refractivity contribution in [1.82, 2.24) is 0 Å². The van der Waals surface area contributed by atoms with Gasteiger partial charge in [0.05, 0.1) is 0 Å². The topological polar surface area (TPSA) is 26.3 Å². The summed E-state index contributed by atoms with van der Waals surface area (Å²) in [5, 5.41) is 0.578. The van der Waals surface area contributed by atoms with Gasteiger partial charge < -0.3 is 4.74 Å². The Morgan fingerprint density at radius 1 is 0.974 bits per heavy atom. The van der Waals surface area contributed by atoms with Crippen molar-refractivity contribution >= 4 is 16.9 Å². The number of hydrogen-bond donors (Lipinski definition) is 0. The number of unbranched alkanes of at least 4 members (excludes halogenated alkanes) is 5. The van der Waals surface area contributed by atoms with Gasteiger partial charge in [-0.1, -0.05) is 101 Å². The van der Waals surface area contributed by atoms with Crippen molar-refractivity contribution in [2.45, 2.75) is 135 Å². The summed E-state index contributed by atoms with van der Waals surface area (Å²) in [5.41, 5.74) is 2.62. The van der Waals surface area contributed by atoms with E-state index >= 15 is 0 Å². The molecular weight excluding hydrogens is 496 g/mol. The molecule has 2 nitrogen and oxygen atoms in total. The van der Waals surface area contributed by atoms with Gasteiger partial charge in [-0.15, -0.1) is 0 Å². The molecule has 0 heterocycles. The van der Waals surface area contributed by atoms with E-state index in [9.17, 15) is 4.79 Å². The summed E-state index contributed by atoms with van der Waals surface area (Å²) in [5.74, 6) is 4.41. The molecule has 1 aromatic rings. The lowest BCUT2D eigenvalue weighted by molar-refractivity contribution is -0.116. The van der Waals surface area contributed by atoms with Crippen molar-refractivity contribution in [2.24, 2.45) is 34.5 Å². The van der Waals surface area contributed by atoms with Gasteiger partial charge in [-0.25, -0.2) is 0 Å². The maximum absolute atomic E-state index is 13.0. The van der Waals surface area contributed by atoms with Crippen molar-refractivity contribution < 1.29 is 9.53 Å². The van der Waals surface area contributed by atoms with Crippen LogP contribution in [-0.4, -0.2) is 16.5 Å². The third-order valence-corrected chi connectivity index (χ3v) is 13.1. The fourth-order valence-electron chi connectivity index (χ4n) is 9.49. The van der Waals surface area contributed by atoms with E-state index in [-0.39, 0.29) is 5.12 Å². The summed E-state index contributed by atoms with van der Waals surface area (Å²) in [6.07, 6.45) is 22.9.